The summed E-state index contributed by atoms with van der Waals surface area (Å²) in [6, 6.07) is 4.41. The zero-order chi connectivity index (χ0) is 20.1. The molecule has 2 aromatic rings. The normalized spacial score (nSPS) is 18.4. The number of amides is 2. The highest BCUT2D eigenvalue weighted by atomic mass is 19.4. The van der Waals surface area contributed by atoms with Crippen LogP contribution in [-0.4, -0.2) is 38.3 Å². The minimum absolute atomic E-state index is 0.0855. The first-order valence-electron chi connectivity index (χ1n) is 8.53. The predicted molar refractivity (Wildman–Crippen MR) is 93.9 cm³/mol. The van der Waals surface area contributed by atoms with Gasteiger partial charge < -0.3 is 14.8 Å². The van der Waals surface area contributed by atoms with Crippen molar-refractivity contribution in [3.8, 4) is 0 Å². The molecule has 1 aliphatic rings. The van der Waals surface area contributed by atoms with Crippen LogP contribution in [0.2, 0.25) is 0 Å². The lowest BCUT2D eigenvalue weighted by atomic mass is 10.1. The SMILES string of the molecule is Cn1c(C(F)(F)F)nc2cc(NC(=O)[C@H]3CC(=O)N(C(C)(C)C)C3)ccc21. The van der Waals surface area contributed by atoms with E-state index in [0.717, 1.165) is 4.57 Å². The maximum Gasteiger partial charge on any atom is 0.449 e. The fraction of sp³-hybridized carbons (Fsp3) is 0.500. The number of benzene rings is 1. The lowest BCUT2D eigenvalue weighted by Gasteiger charge is -2.31. The van der Waals surface area contributed by atoms with Crippen LogP contribution in [-0.2, 0) is 22.8 Å². The molecule has 0 bridgehead atoms. The molecular weight excluding hydrogens is 361 g/mol. The van der Waals surface area contributed by atoms with E-state index in [0.29, 0.717) is 17.7 Å². The number of aromatic nitrogens is 2. The third-order valence-corrected chi connectivity index (χ3v) is 4.71. The third-order valence-electron chi connectivity index (χ3n) is 4.71. The number of aryl methyl sites for hydroxylation is 1. The van der Waals surface area contributed by atoms with Crippen LogP contribution in [0.4, 0.5) is 18.9 Å². The van der Waals surface area contributed by atoms with Gasteiger partial charge in [-0.05, 0) is 39.0 Å². The molecule has 1 atom stereocenters. The maximum atomic E-state index is 13.0. The van der Waals surface area contributed by atoms with Gasteiger partial charge in [0.25, 0.3) is 0 Å². The van der Waals surface area contributed by atoms with Crippen molar-refractivity contribution in [1.29, 1.82) is 0 Å². The van der Waals surface area contributed by atoms with Gasteiger partial charge in [0.15, 0.2) is 0 Å². The Hall–Kier alpha value is -2.58. The Morgan fingerprint density at radius 1 is 1.26 bits per heavy atom. The van der Waals surface area contributed by atoms with E-state index < -0.39 is 17.9 Å². The van der Waals surface area contributed by atoms with E-state index in [2.05, 4.69) is 10.3 Å². The number of alkyl halides is 3. The second-order valence-electron chi connectivity index (χ2n) is 7.76. The van der Waals surface area contributed by atoms with Gasteiger partial charge in [0.2, 0.25) is 17.6 Å². The van der Waals surface area contributed by atoms with Crippen molar-refractivity contribution in [2.75, 3.05) is 11.9 Å². The molecule has 9 heteroatoms. The topological polar surface area (TPSA) is 67.2 Å². The number of nitrogens with one attached hydrogen (secondary N) is 1. The highest BCUT2D eigenvalue weighted by molar-refractivity contribution is 5.98. The molecule has 0 spiro atoms. The number of carbonyl (C=O) groups is 2. The number of rotatable bonds is 2. The van der Waals surface area contributed by atoms with Crippen LogP contribution in [0.15, 0.2) is 18.2 Å². The molecule has 1 aromatic heterocycles. The Labute approximate surface area is 154 Å². The summed E-state index contributed by atoms with van der Waals surface area (Å²) in [5.41, 5.74) is 0.435. The van der Waals surface area contributed by atoms with Gasteiger partial charge in [-0.3, -0.25) is 9.59 Å². The fourth-order valence-electron chi connectivity index (χ4n) is 3.31. The molecule has 146 valence electrons. The molecule has 3 rings (SSSR count). The number of hydrogen-bond donors (Lipinski definition) is 1. The molecule has 1 aromatic carbocycles. The second-order valence-corrected chi connectivity index (χ2v) is 7.76. The summed E-state index contributed by atoms with van der Waals surface area (Å²) >= 11 is 0. The molecule has 1 N–H and O–H groups in total. The van der Waals surface area contributed by atoms with Gasteiger partial charge in [-0.2, -0.15) is 13.2 Å². The summed E-state index contributed by atoms with van der Waals surface area (Å²) < 4.78 is 39.9. The van der Waals surface area contributed by atoms with Crippen molar-refractivity contribution in [2.45, 2.75) is 38.9 Å². The molecule has 2 heterocycles. The van der Waals surface area contributed by atoms with E-state index in [1.54, 1.807) is 4.90 Å². The van der Waals surface area contributed by atoms with Crippen molar-refractivity contribution in [1.82, 2.24) is 14.5 Å². The molecule has 0 aliphatic carbocycles. The highest BCUT2D eigenvalue weighted by Crippen LogP contribution is 2.32. The minimum atomic E-state index is -4.56. The minimum Gasteiger partial charge on any atom is -0.337 e. The van der Waals surface area contributed by atoms with Gasteiger partial charge in [0.1, 0.15) is 0 Å². The monoisotopic (exact) mass is 382 g/mol. The molecule has 1 fully saturated rings. The van der Waals surface area contributed by atoms with E-state index >= 15 is 0 Å². The Bertz CT molecular complexity index is 912. The first-order chi connectivity index (χ1) is 12.4. The molecule has 27 heavy (non-hydrogen) atoms. The molecule has 2 amide bonds. The van der Waals surface area contributed by atoms with Crippen molar-refractivity contribution in [3.63, 3.8) is 0 Å². The standard InChI is InChI=1S/C18H21F3N4O2/c1-17(2,3)25-9-10(7-14(25)26)15(27)22-11-5-6-13-12(8-11)23-16(24(13)4)18(19,20)21/h5-6,8,10H,7,9H2,1-4H3,(H,22,27)/t10-/m0/s1. The molecule has 0 radical (unpaired) electrons. The Morgan fingerprint density at radius 2 is 1.93 bits per heavy atom. The van der Waals surface area contributed by atoms with Crippen molar-refractivity contribution in [2.24, 2.45) is 13.0 Å². The van der Waals surface area contributed by atoms with E-state index in [1.807, 2.05) is 20.8 Å². The van der Waals surface area contributed by atoms with E-state index in [-0.39, 0.29) is 29.3 Å². The first kappa shape index (κ1) is 19.2. The molecule has 0 unspecified atom stereocenters. The van der Waals surface area contributed by atoms with Crippen LogP contribution in [0, 0.1) is 5.92 Å². The molecule has 6 nitrogen and oxygen atoms in total. The molecule has 0 saturated carbocycles. The number of carbonyl (C=O) groups excluding carboxylic acids is 2. The number of fused-ring (bicyclic) bond motifs is 1. The Morgan fingerprint density at radius 3 is 2.48 bits per heavy atom. The number of nitrogens with zero attached hydrogens (tertiary/aromatic N) is 3. The Balaban J connectivity index is 1.79. The first-order valence-corrected chi connectivity index (χ1v) is 8.53. The van der Waals surface area contributed by atoms with E-state index in [4.69, 9.17) is 0 Å². The van der Waals surface area contributed by atoms with Gasteiger partial charge in [-0.25, -0.2) is 4.98 Å². The second kappa shape index (κ2) is 6.24. The average molecular weight is 382 g/mol. The van der Waals surface area contributed by atoms with Crippen LogP contribution in [0.1, 0.15) is 33.0 Å². The van der Waals surface area contributed by atoms with Crippen LogP contribution in [0.3, 0.4) is 0 Å². The lowest BCUT2D eigenvalue weighted by Crippen LogP contribution is -2.42. The summed E-state index contributed by atoms with van der Waals surface area (Å²) in [7, 11) is 1.29. The summed E-state index contributed by atoms with van der Waals surface area (Å²) in [5, 5.41) is 2.69. The van der Waals surface area contributed by atoms with Gasteiger partial charge in [-0.1, -0.05) is 0 Å². The zero-order valence-electron chi connectivity index (χ0n) is 15.5. The maximum absolute atomic E-state index is 13.0. The van der Waals surface area contributed by atoms with E-state index in [1.165, 1.54) is 25.2 Å². The van der Waals surface area contributed by atoms with E-state index in [9.17, 15) is 22.8 Å². The summed E-state index contributed by atoms with van der Waals surface area (Å²) in [6.07, 6.45) is -4.44. The van der Waals surface area contributed by atoms with Crippen molar-refractivity contribution in [3.05, 3.63) is 24.0 Å². The third kappa shape index (κ3) is 3.63. The van der Waals surface area contributed by atoms with Crippen LogP contribution in [0.5, 0.6) is 0 Å². The van der Waals surface area contributed by atoms with Gasteiger partial charge in [-0.15, -0.1) is 0 Å². The number of halogens is 3. The van der Waals surface area contributed by atoms with Crippen LogP contribution in [0.25, 0.3) is 11.0 Å². The smallest absolute Gasteiger partial charge is 0.337 e. The van der Waals surface area contributed by atoms with Gasteiger partial charge in [0, 0.05) is 31.2 Å². The zero-order valence-corrected chi connectivity index (χ0v) is 15.5. The predicted octanol–water partition coefficient (Wildman–Crippen LogP) is 3.18. The summed E-state index contributed by atoms with van der Waals surface area (Å²) in [5.74, 6) is -1.91. The molecule has 1 saturated heterocycles. The van der Waals surface area contributed by atoms with Gasteiger partial charge in [0.05, 0.1) is 17.0 Å². The summed E-state index contributed by atoms with van der Waals surface area (Å²) in [4.78, 5) is 29.9. The fourth-order valence-corrected chi connectivity index (χ4v) is 3.31. The Kier molecular flexibility index (Phi) is 4.44. The quantitative estimate of drug-likeness (QED) is 0.868. The number of anilines is 1. The highest BCUT2D eigenvalue weighted by Gasteiger charge is 2.39. The van der Waals surface area contributed by atoms with Gasteiger partial charge >= 0.3 is 6.18 Å². The number of imidazole rings is 1. The molecular formula is C18H21F3N4O2. The number of hydrogen-bond acceptors (Lipinski definition) is 3. The average Bonchev–Trinajstić information content (AvgIpc) is 3.07. The van der Waals surface area contributed by atoms with Crippen LogP contribution < -0.4 is 5.32 Å². The summed E-state index contributed by atoms with van der Waals surface area (Å²) in [6.45, 7) is 6.02. The lowest BCUT2D eigenvalue weighted by molar-refractivity contribution is -0.146. The number of likely N-dealkylation sites (tertiary alicyclic amines) is 1. The largest absolute Gasteiger partial charge is 0.449 e. The van der Waals surface area contributed by atoms with Crippen molar-refractivity contribution < 1.29 is 22.8 Å². The van der Waals surface area contributed by atoms with Crippen LogP contribution >= 0.6 is 0 Å². The molecule has 1 aliphatic heterocycles. The van der Waals surface area contributed by atoms with Crippen molar-refractivity contribution >= 4 is 28.5 Å².